The molecule has 6 nitrogen and oxygen atoms in total. The number of ether oxygens (including phenoxy) is 1. The van der Waals surface area contributed by atoms with Gasteiger partial charge in [-0.05, 0) is 53.4 Å². The van der Waals surface area contributed by atoms with Gasteiger partial charge in [0.05, 0.1) is 20.2 Å². The van der Waals surface area contributed by atoms with E-state index in [-0.39, 0.29) is 37.1 Å². The molecule has 1 aliphatic heterocycles. The van der Waals surface area contributed by atoms with Crippen LogP contribution in [0, 0.1) is 0 Å². The molecule has 0 saturated carbocycles. The largest absolute Gasteiger partial charge is 0.497 e. The molecule has 2 aromatic carbocycles. The lowest BCUT2D eigenvalue weighted by atomic mass is 10.1. The standard InChI is InChI=1S/C24H22N2O4S/c1-30-20-10-8-19(9-11-20)25(16-21-3-2-14-31-21)24(29)18-6-4-17(5-7-18)15-26-22(27)12-13-23(26)28/h2-11,14H,12-13,15-16H2,1H3. The van der Waals surface area contributed by atoms with Crippen molar-refractivity contribution < 1.29 is 19.1 Å². The van der Waals surface area contributed by atoms with Gasteiger partial charge >= 0.3 is 0 Å². The average molecular weight is 435 g/mol. The van der Waals surface area contributed by atoms with Crippen LogP contribution in [-0.4, -0.2) is 29.7 Å². The van der Waals surface area contributed by atoms with Crippen molar-refractivity contribution in [2.75, 3.05) is 12.0 Å². The lowest BCUT2D eigenvalue weighted by Crippen LogP contribution is -2.30. The van der Waals surface area contributed by atoms with E-state index in [4.69, 9.17) is 4.74 Å². The van der Waals surface area contributed by atoms with Gasteiger partial charge in [0.25, 0.3) is 5.91 Å². The highest BCUT2D eigenvalue weighted by molar-refractivity contribution is 7.09. The van der Waals surface area contributed by atoms with E-state index in [1.807, 2.05) is 41.8 Å². The summed E-state index contributed by atoms with van der Waals surface area (Å²) in [5.74, 6) is 0.305. The number of carbonyl (C=O) groups is 3. The Balaban J connectivity index is 1.55. The van der Waals surface area contributed by atoms with Gasteiger partial charge < -0.3 is 9.64 Å². The van der Waals surface area contributed by atoms with Crippen LogP contribution in [0.15, 0.2) is 66.0 Å². The number of hydrogen-bond donors (Lipinski definition) is 0. The van der Waals surface area contributed by atoms with Gasteiger partial charge in [-0.3, -0.25) is 19.3 Å². The number of hydrogen-bond acceptors (Lipinski definition) is 5. The van der Waals surface area contributed by atoms with Gasteiger partial charge in [0.15, 0.2) is 0 Å². The maximum Gasteiger partial charge on any atom is 0.258 e. The molecule has 2 heterocycles. The Morgan fingerprint density at radius 3 is 2.26 bits per heavy atom. The van der Waals surface area contributed by atoms with E-state index in [1.165, 1.54) is 4.90 Å². The molecule has 1 aromatic heterocycles. The van der Waals surface area contributed by atoms with Gasteiger partial charge in [0.2, 0.25) is 11.8 Å². The first-order valence-electron chi connectivity index (χ1n) is 9.95. The molecule has 0 spiro atoms. The highest BCUT2D eigenvalue weighted by Crippen LogP contribution is 2.25. The first-order chi connectivity index (χ1) is 15.0. The molecule has 0 atom stereocenters. The fourth-order valence-corrected chi connectivity index (χ4v) is 4.18. The summed E-state index contributed by atoms with van der Waals surface area (Å²) < 4.78 is 5.23. The zero-order valence-electron chi connectivity index (χ0n) is 17.1. The molecule has 3 aromatic rings. The molecule has 0 bridgehead atoms. The van der Waals surface area contributed by atoms with E-state index in [0.29, 0.717) is 12.1 Å². The molecule has 4 rings (SSSR count). The number of nitrogens with zero attached hydrogens (tertiary/aromatic N) is 2. The molecule has 1 aliphatic rings. The van der Waals surface area contributed by atoms with Crippen molar-refractivity contribution in [3.05, 3.63) is 82.0 Å². The van der Waals surface area contributed by atoms with Crippen molar-refractivity contribution in [3.63, 3.8) is 0 Å². The maximum atomic E-state index is 13.4. The predicted molar refractivity (Wildman–Crippen MR) is 119 cm³/mol. The van der Waals surface area contributed by atoms with Crippen LogP contribution in [0.2, 0.25) is 0 Å². The summed E-state index contributed by atoms with van der Waals surface area (Å²) in [5, 5.41) is 1.99. The van der Waals surface area contributed by atoms with Gasteiger partial charge in [0, 0.05) is 29.0 Å². The van der Waals surface area contributed by atoms with Crippen molar-refractivity contribution in [2.45, 2.75) is 25.9 Å². The third-order valence-corrected chi connectivity index (χ3v) is 6.08. The summed E-state index contributed by atoms with van der Waals surface area (Å²) >= 11 is 1.60. The van der Waals surface area contributed by atoms with Crippen LogP contribution in [0.1, 0.15) is 33.6 Å². The molecule has 3 amide bonds. The second-order valence-electron chi connectivity index (χ2n) is 7.24. The van der Waals surface area contributed by atoms with Gasteiger partial charge in [0.1, 0.15) is 5.75 Å². The number of imide groups is 1. The minimum Gasteiger partial charge on any atom is -0.497 e. The number of rotatable bonds is 7. The molecule has 0 unspecified atom stereocenters. The van der Waals surface area contributed by atoms with Crippen LogP contribution in [0.3, 0.4) is 0 Å². The first-order valence-corrected chi connectivity index (χ1v) is 10.8. The molecule has 0 aliphatic carbocycles. The molecule has 0 N–H and O–H groups in total. The van der Waals surface area contributed by atoms with Gasteiger partial charge in [-0.25, -0.2) is 0 Å². The summed E-state index contributed by atoms with van der Waals surface area (Å²) in [6, 6.07) is 18.4. The van der Waals surface area contributed by atoms with E-state index < -0.39 is 0 Å². The van der Waals surface area contributed by atoms with Crippen molar-refractivity contribution in [2.24, 2.45) is 0 Å². The molecule has 0 radical (unpaired) electrons. The number of methoxy groups -OCH3 is 1. The second-order valence-corrected chi connectivity index (χ2v) is 8.27. The zero-order valence-corrected chi connectivity index (χ0v) is 17.9. The van der Waals surface area contributed by atoms with Crippen LogP contribution >= 0.6 is 11.3 Å². The van der Waals surface area contributed by atoms with Crippen molar-refractivity contribution >= 4 is 34.7 Å². The van der Waals surface area contributed by atoms with E-state index >= 15 is 0 Å². The van der Waals surface area contributed by atoms with Gasteiger partial charge in [-0.2, -0.15) is 0 Å². The van der Waals surface area contributed by atoms with Crippen molar-refractivity contribution in [1.82, 2.24) is 4.90 Å². The van der Waals surface area contributed by atoms with Crippen molar-refractivity contribution in [3.8, 4) is 5.75 Å². The molecule has 1 saturated heterocycles. The average Bonchev–Trinajstić information content (AvgIpc) is 3.43. The Hall–Kier alpha value is -3.45. The van der Waals surface area contributed by atoms with Gasteiger partial charge in [-0.15, -0.1) is 11.3 Å². The van der Waals surface area contributed by atoms with E-state index in [2.05, 4.69) is 0 Å². The molecule has 31 heavy (non-hydrogen) atoms. The lowest BCUT2D eigenvalue weighted by molar-refractivity contribution is -0.139. The van der Waals surface area contributed by atoms with Crippen LogP contribution < -0.4 is 9.64 Å². The highest BCUT2D eigenvalue weighted by Gasteiger charge is 2.28. The number of thiophene rings is 1. The lowest BCUT2D eigenvalue weighted by Gasteiger charge is -2.23. The maximum absolute atomic E-state index is 13.4. The highest BCUT2D eigenvalue weighted by atomic mass is 32.1. The fourth-order valence-electron chi connectivity index (χ4n) is 3.49. The smallest absolute Gasteiger partial charge is 0.258 e. The summed E-state index contributed by atoms with van der Waals surface area (Å²) in [6.45, 7) is 0.699. The Morgan fingerprint density at radius 2 is 1.68 bits per heavy atom. The molecular formula is C24H22N2O4S. The Labute approximate surface area is 184 Å². The topological polar surface area (TPSA) is 66.9 Å². The summed E-state index contributed by atoms with van der Waals surface area (Å²) in [7, 11) is 1.61. The van der Waals surface area contributed by atoms with Crippen molar-refractivity contribution in [1.29, 1.82) is 0 Å². The first kappa shape index (κ1) is 20.8. The Bertz CT molecular complexity index is 1060. The van der Waals surface area contributed by atoms with Crippen LogP contribution in [-0.2, 0) is 22.7 Å². The zero-order chi connectivity index (χ0) is 21.8. The predicted octanol–water partition coefficient (Wildman–Crippen LogP) is 4.25. The van der Waals surface area contributed by atoms with Crippen LogP contribution in [0.25, 0.3) is 0 Å². The third kappa shape index (κ3) is 4.67. The summed E-state index contributed by atoms with van der Waals surface area (Å²) in [6.07, 6.45) is 0.546. The van der Waals surface area contributed by atoms with E-state index in [9.17, 15) is 14.4 Å². The van der Waals surface area contributed by atoms with E-state index in [1.54, 1.807) is 47.6 Å². The molecule has 7 heteroatoms. The number of anilines is 1. The van der Waals surface area contributed by atoms with Crippen LogP contribution in [0.5, 0.6) is 5.75 Å². The second kappa shape index (κ2) is 9.14. The number of likely N-dealkylation sites (tertiary alicyclic amines) is 1. The minimum atomic E-state index is -0.146. The van der Waals surface area contributed by atoms with Crippen LogP contribution in [0.4, 0.5) is 5.69 Å². The van der Waals surface area contributed by atoms with E-state index in [0.717, 1.165) is 21.9 Å². The SMILES string of the molecule is COc1ccc(N(Cc2cccs2)C(=O)c2ccc(CN3C(=O)CCC3=O)cc2)cc1. The minimum absolute atomic E-state index is 0.126. The molecule has 158 valence electrons. The monoisotopic (exact) mass is 434 g/mol. The normalized spacial score (nSPS) is 13.5. The Morgan fingerprint density at radius 1 is 1.00 bits per heavy atom. The Kier molecular flexibility index (Phi) is 6.13. The molecule has 1 fully saturated rings. The third-order valence-electron chi connectivity index (χ3n) is 5.22. The quantitative estimate of drug-likeness (QED) is 0.522. The summed E-state index contributed by atoms with van der Waals surface area (Å²) in [4.78, 5) is 41.1. The van der Waals surface area contributed by atoms with Gasteiger partial charge in [-0.1, -0.05) is 18.2 Å². The fraction of sp³-hybridized carbons (Fsp3) is 0.208. The number of carbonyl (C=O) groups excluding carboxylic acids is 3. The number of benzene rings is 2. The summed E-state index contributed by atoms with van der Waals surface area (Å²) in [5.41, 5.74) is 2.13. The molecular weight excluding hydrogens is 412 g/mol. The number of amides is 3.